The summed E-state index contributed by atoms with van der Waals surface area (Å²) in [6.45, 7) is 4.42. The third-order valence-corrected chi connectivity index (χ3v) is 5.04. The van der Waals surface area contributed by atoms with Crippen molar-refractivity contribution in [2.75, 3.05) is 20.2 Å². The van der Waals surface area contributed by atoms with Crippen molar-refractivity contribution in [2.24, 2.45) is 5.92 Å². The van der Waals surface area contributed by atoms with Gasteiger partial charge in [-0.2, -0.15) is 0 Å². The zero-order chi connectivity index (χ0) is 21.4. The zero-order valence-electron chi connectivity index (χ0n) is 17.5. The maximum atomic E-state index is 12.9. The third kappa shape index (κ3) is 6.44. The van der Waals surface area contributed by atoms with Gasteiger partial charge in [0.25, 0.3) is 11.8 Å². The molecular weight excluding hydrogens is 374 g/mol. The highest BCUT2D eigenvalue weighted by molar-refractivity contribution is 5.99. The van der Waals surface area contributed by atoms with Crippen LogP contribution in [0.3, 0.4) is 0 Å². The molecule has 1 aromatic heterocycles. The van der Waals surface area contributed by atoms with Crippen LogP contribution in [0.15, 0.2) is 17.2 Å². The molecule has 0 radical (unpaired) electrons. The highest BCUT2D eigenvalue weighted by Crippen LogP contribution is 2.28. The Labute approximate surface area is 171 Å². The van der Waals surface area contributed by atoms with E-state index in [1.165, 1.54) is 19.7 Å². The molecule has 1 saturated carbocycles. The Morgan fingerprint density at radius 2 is 1.66 bits per heavy atom. The Bertz CT molecular complexity index is 794. The molecule has 1 aromatic rings. The lowest BCUT2D eigenvalue weighted by Crippen LogP contribution is -2.37. The molecule has 0 atom stereocenters. The average Bonchev–Trinajstić information content (AvgIpc) is 2.72. The van der Waals surface area contributed by atoms with Gasteiger partial charge < -0.3 is 19.9 Å². The highest BCUT2D eigenvalue weighted by Gasteiger charge is 2.23. The summed E-state index contributed by atoms with van der Waals surface area (Å²) in [5.41, 5.74) is -0.719. The maximum absolute atomic E-state index is 12.9. The minimum Gasteiger partial charge on any atom is -0.469 e. The molecule has 0 bridgehead atoms. The molecule has 0 spiro atoms. The van der Waals surface area contributed by atoms with E-state index in [9.17, 15) is 19.2 Å². The Morgan fingerprint density at radius 1 is 1.07 bits per heavy atom. The van der Waals surface area contributed by atoms with E-state index in [1.807, 2.05) is 18.4 Å². The molecule has 2 rings (SSSR count). The molecule has 160 valence electrons. The van der Waals surface area contributed by atoms with Crippen molar-refractivity contribution in [1.82, 2.24) is 15.2 Å². The summed E-state index contributed by atoms with van der Waals surface area (Å²) < 4.78 is 6.38. The third-order valence-electron chi connectivity index (χ3n) is 5.04. The number of hydrogen-bond donors (Lipinski definition) is 2. The molecule has 2 amide bonds. The second-order valence-electron chi connectivity index (χ2n) is 7.84. The predicted molar refractivity (Wildman–Crippen MR) is 109 cm³/mol. The van der Waals surface area contributed by atoms with Crippen molar-refractivity contribution in [3.8, 4) is 0 Å². The van der Waals surface area contributed by atoms with Crippen molar-refractivity contribution < 1.29 is 19.1 Å². The minimum atomic E-state index is -0.603. The molecule has 0 aromatic carbocycles. The van der Waals surface area contributed by atoms with Gasteiger partial charge in [0.2, 0.25) is 5.43 Å². The van der Waals surface area contributed by atoms with Crippen LogP contribution in [0.1, 0.15) is 79.1 Å². The lowest BCUT2D eigenvalue weighted by atomic mass is 9.95. The summed E-state index contributed by atoms with van der Waals surface area (Å²) >= 11 is 0. The van der Waals surface area contributed by atoms with E-state index >= 15 is 0 Å². The van der Waals surface area contributed by atoms with Gasteiger partial charge >= 0.3 is 5.97 Å². The molecule has 1 aliphatic carbocycles. The van der Waals surface area contributed by atoms with Gasteiger partial charge in [-0.3, -0.25) is 19.2 Å². The second kappa shape index (κ2) is 10.8. The fourth-order valence-corrected chi connectivity index (χ4v) is 3.38. The Morgan fingerprint density at radius 3 is 2.21 bits per heavy atom. The van der Waals surface area contributed by atoms with Crippen molar-refractivity contribution in [2.45, 2.75) is 58.4 Å². The summed E-state index contributed by atoms with van der Waals surface area (Å²) in [5, 5.41) is 5.32. The van der Waals surface area contributed by atoms with Gasteiger partial charge in [0.15, 0.2) is 0 Å². The van der Waals surface area contributed by atoms with Crippen molar-refractivity contribution in [3.05, 3.63) is 33.7 Å². The van der Waals surface area contributed by atoms with Gasteiger partial charge in [-0.15, -0.1) is 0 Å². The van der Waals surface area contributed by atoms with Crippen LogP contribution in [0.25, 0.3) is 0 Å². The number of carbonyl (C=O) groups excluding carboxylic acids is 3. The van der Waals surface area contributed by atoms with Gasteiger partial charge in [0, 0.05) is 31.5 Å². The first-order chi connectivity index (χ1) is 13.8. The lowest BCUT2D eigenvalue weighted by Gasteiger charge is -2.25. The number of ether oxygens (including phenoxy) is 1. The summed E-state index contributed by atoms with van der Waals surface area (Å²) in [5.74, 6) is -1.28. The monoisotopic (exact) mass is 405 g/mol. The van der Waals surface area contributed by atoms with E-state index in [2.05, 4.69) is 15.4 Å². The quantitative estimate of drug-likeness (QED) is 0.644. The number of hydrogen-bond acceptors (Lipinski definition) is 5. The summed E-state index contributed by atoms with van der Waals surface area (Å²) in [4.78, 5) is 49.3. The van der Waals surface area contributed by atoms with Crippen LogP contribution in [0.2, 0.25) is 0 Å². The van der Waals surface area contributed by atoms with Crippen molar-refractivity contribution >= 4 is 17.8 Å². The standard InChI is InChI=1S/C21H31N3O5/c1-14(2)11-23-21(28)17-13-24(15-7-5-4-6-8-15)12-16(19(17)26)20(27)22-10-9-18(25)29-3/h12-15H,4-11H2,1-3H3,(H,22,27)(H,23,28). The number of aromatic nitrogens is 1. The van der Waals surface area contributed by atoms with Gasteiger partial charge in [0.05, 0.1) is 13.5 Å². The van der Waals surface area contributed by atoms with Gasteiger partial charge in [-0.05, 0) is 18.8 Å². The van der Waals surface area contributed by atoms with Crippen LogP contribution in [-0.2, 0) is 9.53 Å². The Kier molecular flexibility index (Phi) is 8.42. The first kappa shape index (κ1) is 22.6. The second-order valence-corrected chi connectivity index (χ2v) is 7.84. The Hall–Kier alpha value is -2.64. The average molecular weight is 405 g/mol. The topological polar surface area (TPSA) is 106 Å². The van der Waals surface area contributed by atoms with E-state index in [-0.39, 0.29) is 36.1 Å². The molecule has 0 saturated heterocycles. The first-order valence-electron chi connectivity index (χ1n) is 10.2. The number of amides is 2. The fraction of sp³-hybridized carbons (Fsp3) is 0.619. The van der Waals surface area contributed by atoms with E-state index in [4.69, 9.17) is 0 Å². The summed E-state index contributed by atoms with van der Waals surface area (Å²) in [6.07, 6.45) is 8.31. The minimum absolute atomic E-state index is 0.00756. The lowest BCUT2D eigenvalue weighted by molar-refractivity contribution is -0.140. The fourth-order valence-electron chi connectivity index (χ4n) is 3.38. The van der Waals surface area contributed by atoms with E-state index in [0.29, 0.717) is 6.54 Å². The van der Waals surface area contributed by atoms with Crippen molar-refractivity contribution in [1.29, 1.82) is 0 Å². The van der Waals surface area contributed by atoms with E-state index < -0.39 is 23.2 Å². The molecule has 1 aliphatic rings. The molecule has 1 heterocycles. The van der Waals surface area contributed by atoms with Gasteiger partial charge in [0.1, 0.15) is 11.1 Å². The van der Waals surface area contributed by atoms with Crippen molar-refractivity contribution in [3.63, 3.8) is 0 Å². The Balaban J connectivity index is 2.30. The number of carbonyl (C=O) groups is 3. The van der Waals surface area contributed by atoms with Crippen LogP contribution in [0.5, 0.6) is 0 Å². The molecule has 29 heavy (non-hydrogen) atoms. The van der Waals surface area contributed by atoms with Crippen LogP contribution < -0.4 is 16.1 Å². The van der Waals surface area contributed by atoms with Gasteiger partial charge in [-0.25, -0.2) is 0 Å². The highest BCUT2D eigenvalue weighted by atomic mass is 16.5. The number of pyridine rings is 1. The maximum Gasteiger partial charge on any atom is 0.307 e. The van der Waals surface area contributed by atoms with Gasteiger partial charge in [-0.1, -0.05) is 33.1 Å². The van der Waals surface area contributed by atoms with Crippen LogP contribution in [0, 0.1) is 5.92 Å². The predicted octanol–water partition coefficient (Wildman–Crippen LogP) is 2.03. The molecule has 8 nitrogen and oxygen atoms in total. The summed E-state index contributed by atoms with van der Waals surface area (Å²) in [6, 6.07) is 0.155. The van der Waals surface area contributed by atoms with E-state index in [0.717, 1.165) is 25.7 Å². The first-order valence-corrected chi connectivity index (χ1v) is 10.2. The molecular formula is C21H31N3O5. The molecule has 1 fully saturated rings. The van der Waals surface area contributed by atoms with Crippen LogP contribution in [0.4, 0.5) is 0 Å². The van der Waals surface area contributed by atoms with Crippen LogP contribution >= 0.6 is 0 Å². The normalized spacial score (nSPS) is 14.5. The number of nitrogens with zero attached hydrogens (tertiary/aromatic N) is 1. The zero-order valence-corrected chi connectivity index (χ0v) is 17.5. The largest absolute Gasteiger partial charge is 0.469 e. The summed E-state index contributed by atoms with van der Waals surface area (Å²) in [7, 11) is 1.27. The molecule has 8 heteroatoms. The smallest absolute Gasteiger partial charge is 0.307 e. The molecule has 2 N–H and O–H groups in total. The SMILES string of the molecule is COC(=O)CCNC(=O)c1cn(C2CCCCC2)cc(C(=O)NCC(C)C)c1=O. The van der Waals surface area contributed by atoms with Crippen LogP contribution in [-0.4, -0.2) is 42.6 Å². The number of rotatable bonds is 8. The number of nitrogens with one attached hydrogen (secondary N) is 2. The number of esters is 1. The number of methoxy groups -OCH3 is 1. The molecule has 0 aliphatic heterocycles. The molecule has 0 unspecified atom stereocenters. The van der Waals surface area contributed by atoms with E-state index in [1.54, 1.807) is 6.20 Å².